The Labute approximate surface area is 173 Å². The Balaban J connectivity index is 1.52. The van der Waals surface area contributed by atoms with E-state index in [2.05, 4.69) is 10.5 Å². The van der Waals surface area contributed by atoms with E-state index in [1.54, 1.807) is 44.6 Å². The molecule has 9 heteroatoms. The Morgan fingerprint density at radius 3 is 2.63 bits per heavy atom. The standard InChI is InChI=1S/C21H21N3O6/c1-27-20-10-7-15(11-21(20)28-2)12-22-23-13-16-8-9-17(30-16)14-29-19-6-4-3-5-18(19)24(25)26/h3-11,13,22H,12,14H2,1-2H3/b23-13-. The highest BCUT2D eigenvalue weighted by Gasteiger charge is 2.14. The maximum Gasteiger partial charge on any atom is 0.310 e. The summed E-state index contributed by atoms with van der Waals surface area (Å²) in [6.45, 7) is 0.559. The van der Waals surface area contributed by atoms with Crippen molar-refractivity contribution in [1.29, 1.82) is 0 Å². The molecule has 0 amide bonds. The van der Waals surface area contributed by atoms with Gasteiger partial charge in [0.1, 0.15) is 18.1 Å². The largest absolute Gasteiger partial charge is 0.493 e. The number of hydrazone groups is 1. The Hall–Kier alpha value is -4.01. The highest BCUT2D eigenvalue weighted by atomic mass is 16.6. The number of hydrogen-bond acceptors (Lipinski definition) is 8. The molecule has 0 spiro atoms. The summed E-state index contributed by atoms with van der Waals surface area (Å²) >= 11 is 0. The van der Waals surface area contributed by atoms with Crippen molar-refractivity contribution in [2.24, 2.45) is 5.10 Å². The van der Waals surface area contributed by atoms with E-state index in [4.69, 9.17) is 18.6 Å². The fraction of sp³-hybridized carbons (Fsp3) is 0.190. The van der Waals surface area contributed by atoms with Crippen LogP contribution in [0.3, 0.4) is 0 Å². The number of methoxy groups -OCH3 is 2. The third kappa shape index (κ3) is 5.28. The van der Waals surface area contributed by atoms with Gasteiger partial charge in [0.05, 0.1) is 31.9 Å². The van der Waals surface area contributed by atoms with Crippen LogP contribution >= 0.6 is 0 Å². The normalized spacial score (nSPS) is 10.7. The van der Waals surface area contributed by atoms with Crippen LogP contribution < -0.4 is 19.6 Å². The van der Waals surface area contributed by atoms with E-state index in [0.29, 0.717) is 29.6 Å². The number of nitrogens with one attached hydrogen (secondary N) is 1. The summed E-state index contributed by atoms with van der Waals surface area (Å²) in [6, 6.07) is 15.3. The van der Waals surface area contributed by atoms with Crippen LogP contribution in [-0.2, 0) is 13.2 Å². The van der Waals surface area contributed by atoms with Gasteiger partial charge < -0.3 is 24.1 Å². The minimum Gasteiger partial charge on any atom is -0.493 e. The molecule has 0 unspecified atom stereocenters. The molecule has 1 heterocycles. The lowest BCUT2D eigenvalue weighted by Crippen LogP contribution is -2.05. The zero-order chi connectivity index (χ0) is 21.3. The molecular formula is C21H21N3O6. The van der Waals surface area contributed by atoms with Gasteiger partial charge in [0.15, 0.2) is 17.2 Å². The molecule has 0 aliphatic rings. The van der Waals surface area contributed by atoms with Gasteiger partial charge >= 0.3 is 5.69 Å². The molecule has 0 saturated carbocycles. The molecule has 3 aromatic rings. The zero-order valence-electron chi connectivity index (χ0n) is 16.5. The molecule has 0 bridgehead atoms. The van der Waals surface area contributed by atoms with Crippen molar-refractivity contribution >= 4 is 11.9 Å². The van der Waals surface area contributed by atoms with Crippen molar-refractivity contribution < 1.29 is 23.6 Å². The summed E-state index contributed by atoms with van der Waals surface area (Å²) in [5, 5.41) is 15.2. The molecule has 1 aromatic heterocycles. The van der Waals surface area contributed by atoms with Gasteiger partial charge in [-0.3, -0.25) is 10.1 Å². The molecule has 156 valence electrons. The van der Waals surface area contributed by atoms with Gasteiger partial charge in [-0.25, -0.2) is 0 Å². The maximum absolute atomic E-state index is 11.0. The fourth-order valence-electron chi connectivity index (χ4n) is 2.66. The monoisotopic (exact) mass is 411 g/mol. The highest BCUT2D eigenvalue weighted by Crippen LogP contribution is 2.28. The SMILES string of the molecule is COc1ccc(CN/N=C\c2ccc(COc3ccccc3[N+](=O)[O-])o2)cc1OC. The van der Waals surface area contributed by atoms with Crippen LogP contribution in [0.1, 0.15) is 17.1 Å². The van der Waals surface area contributed by atoms with Gasteiger partial charge in [-0.15, -0.1) is 0 Å². The van der Waals surface area contributed by atoms with Crippen LogP contribution in [0.25, 0.3) is 0 Å². The van der Waals surface area contributed by atoms with Gasteiger partial charge in [0.25, 0.3) is 0 Å². The average molecular weight is 411 g/mol. The summed E-state index contributed by atoms with van der Waals surface area (Å²) in [5.41, 5.74) is 3.82. The lowest BCUT2D eigenvalue weighted by molar-refractivity contribution is -0.386. The first-order valence-electron chi connectivity index (χ1n) is 9.02. The number of nitro benzene ring substituents is 1. The molecule has 0 fully saturated rings. The lowest BCUT2D eigenvalue weighted by Gasteiger charge is -2.09. The molecule has 1 N–H and O–H groups in total. The second kappa shape index (κ2) is 9.97. The predicted octanol–water partition coefficient (Wildman–Crippen LogP) is 3.91. The molecule has 30 heavy (non-hydrogen) atoms. The van der Waals surface area contributed by atoms with Crippen molar-refractivity contribution in [2.45, 2.75) is 13.2 Å². The Morgan fingerprint density at radius 2 is 1.87 bits per heavy atom. The molecule has 0 radical (unpaired) electrons. The Morgan fingerprint density at radius 1 is 1.07 bits per heavy atom. The fourth-order valence-corrected chi connectivity index (χ4v) is 2.66. The molecule has 0 aliphatic carbocycles. The topological polar surface area (TPSA) is 108 Å². The lowest BCUT2D eigenvalue weighted by atomic mass is 10.2. The van der Waals surface area contributed by atoms with E-state index in [1.165, 1.54) is 12.3 Å². The van der Waals surface area contributed by atoms with E-state index in [9.17, 15) is 10.1 Å². The first-order chi connectivity index (χ1) is 14.6. The van der Waals surface area contributed by atoms with Crippen LogP contribution in [0.5, 0.6) is 17.2 Å². The molecule has 2 aromatic carbocycles. The van der Waals surface area contributed by atoms with E-state index in [0.717, 1.165) is 5.56 Å². The van der Waals surface area contributed by atoms with Crippen LogP contribution in [0.15, 0.2) is 64.1 Å². The third-order valence-electron chi connectivity index (χ3n) is 4.13. The molecule has 0 atom stereocenters. The summed E-state index contributed by atoms with van der Waals surface area (Å²) in [7, 11) is 3.17. The first-order valence-corrected chi connectivity index (χ1v) is 9.02. The van der Waals surface area contributed by atoms with E-state index in [1.807, 2.05) is 18.2 Å². The molecule has 3 rings (SSSR count). The van der Waals surface area contributed by atoms with Gasteiger partial charge in [-0.2, -0.15) is 5.10 Å². The average Bonchev–Trinajstić information content (AvgIpc) is 3.23. The Kier molecular flexibility index (Phi) is 6.88. The second-order valence-corrected chi connectivity index (χ2v) is 6.10. The molecule has 0 aliphatic heterocycles. The van der Waals surface area contributed by atoms with Crippen molar-refractivity contribution in [3.8, 4) is 17.2 Å². The first kappa shape index (κ1) is 20.7. The molecule has 0 saturated heterocycles. The number of hydrogen-bond donors (Lipinski definition) is 1. The smallest absolute Gasteiger partial charge is 0.310 e. The summed E-state index contributed by atoms with van der Waals surface area (Å²) in [6.07, 6.45) is 1.54. The molecule has 9 nitrogen and oxygen atoms in total. The van der Waals surface area contributed by atoms with E-state index >= 15 is 0 Å². The van der Waals surface area contributed by atoms with Crippen molar-refractivity contribution in [3.63, 3.8) is 0 Å². The van der Waals surface area contributed by atoms with Gasteiger partial charge in [0, 0.05) is 6.07 Å². The van der Waals surface area contributed by atoms with Crippen LogP contribution in [-0.4, -0.2) is 25.4 Å². The summed E-state index contributed by atoms with van der Waals surface area (Å²) in [5.74, 6) is 2.54. The zero-order valence-corrected chi connectivity index (χ0v) is 16.5. The Bertz CT molecular complexity index is 1030. The van der Waals surface area contributed by atoms with Gasteiger partial charge in [0.2, 0.25) is 0 Å². The van der Waals surface area contributed by atoms with E-state index in [-0.39, 0.29) is 18.0 Å². The van der Waals surface area contributed by atoms with Crippen LogP contribution in [0.2, 0.25) is 0 Å². The number of para-hydroxylation sites is 2. The van der Waals surface area contributed by atoms with Crippen molar-refractivity contribution in [1.82, 2.24) is 5.43 Å². The number of rotatable bonds is 10. The predicted molar refractivity (Wildman–Crippen MR) is 110 cm³/mol. The number of ether oxygens (including phenoxy) is 3. The quantitative estimate of drug-likeness (QED) is 0.306. The van der Waals surface area contributed by atoms with Crippen molar-refractivity contribution in [3.05, 3.63) is 81.8 Å². The number of nitro groups is 1. The summed E-state index contributed by atoms with van der Waals surface area (Å²) < 4.78 is 21.6. The molecular weight excluding hydrogens is 390 g/mol. The van der Waals surface area contributed by atoms with Crippen LogP contribution in [0, 0.1) is 10.1 Å². The minimum absolute atomic E-state index is 0.0672. The number of furan rings is 1. The minimum atomic E-state index is -0.486. The number of benzene rings is 2. The third-order valence-corrected chi connectivity index (χ3v) is 4.13. The maximum atomic E-state index is 11.0. The van der Waals surface area contributed by atoms with Crippen molar-refractivity contribution in [2.75, 3.05) is 14.2 Å². The number of nitrogens with zero attached hydrogens (tertiary/aromatic N) is 2. The van der Waals surface area contributed by atoms with Gasteiger partial charge in [-0.1, -0.05) is 18.2 Å². The van der Waals surface area contributed by atoms with Gasteiger partial charge in [-0.05, 0) is 35.9 Å². The summed E-state index contributed by atoms with van der Waals surface area (Å²) in [4.78, 5) is 10.5. The van der Waals surface area contributed by atoms with Crippen LogP contribution in [0.4, 0.5) is 5.69 Å². The van der Waals surface area contributed by atoms with E-state index < -0.39 is 4.92 Å². The second-order valence-electron chi connectivity index (χ2n) is 6.10. The highest BCUT2D eigenvalue weighted by molar-refractivity contribution is 5.75.